The largest absolute Gasteiger partial charge is 0.450 e. The zero-order valence-corrected chi connectivity index (χ0v) is 22.8. The van der Waals surface area contributed by atoms with E-state index in [1.807, 2.05) is 20.2 Å². The maximum Gasteiger partial charge on any atom is 0.407 e. The van der Waals surface area contributed by atoms with Crippen molar-refractivity contribution >= 4 is 34.8 Å². The number of alkyl carbamates (subject to hydrolysis) is 1. The van der Waals surface area contributed by atoms with Gasteiger partial charge < -0.3 is 30.9 Å². The van der Waals surface area contributed by atoms with Gasteiger partial charge in [-0.15, -0.1) is 5.10 Å². The summed E-state index contributed by atoms with van der Waals surface area (Å²) in [4.78, 5) is 35.4. The maximum absolute atomic E-state index is 14.1. The van der Waals surface area contributed by atoms with Gasteiger partial charge in [0, 0.05) is 36.9 Å². The van der Waals surface area contributed by atoms with E-state index >= 15 is 0 Å². The summed E-state index contributed by atoms with van der Waals surface area (Å²) in [6.45, 7) is 1.27. The van der Waals surface area contributed by atoms with Gasteiger partial charge in [0.05, 0.1) is 30.4 Å². The Labute approximate surface area is 232 Å². The van der Waals surface area contributed by atoms with Crippen LogP contribution in [0.3, 0.4) is 0 Å². The summed E-state index contributed by atoms with van der Waals surface area (Å²) < 4.78 is 20.9. The van der Waals surface area contributed by atoms with Gasteiger partial charge in [0.2, 0.25) is 0 Å². The van der Waals surface area contributed by atoms with Crippen molar-refractivity contribution in [2.75, 3.05) is 43.2 Å². The number of nitrogens with zero attached hydrogens (tertiary/aromatic N) is 5. The molecule has 2 aliphatic rings. The third kappa shape index (κ3) is 7.14. The number of amides is 2. The Hall–Kier alpha value is -4.00. The summed E-state index contributed by atoms with van der Waals surface area (Å²) in [5, 5.41) is 17.2. The fourth-order valence-electron chi connectivity index (χ4n) is 4.76. The fraction of sp³-hybridized carbons (Fsp3) is 0.519. The van der Waals surface area contributed by atoms with Gasteiger partial charge >= 0.3 is 6.09 Å². The quantitative estimate of drug-likeness (QED) is 0.263. The molecule has 3 aromatic heterocycles. The van der Waals surface area contributed by atoms with Crippen molar-refractivity contribution in [3.05, 3.63) is 42.2 Å². The van der Waals surface area contributed by atoms with E-state index in [-0.39, 0.29) is 29.6 Å². The van der Waals surface area contributed by atoms with Gasteiger partial charge in [-0.2, -0.15) is 0 Å². The van der Waals surface area contributed by atoms with E-state index in [2.05, 4.69) is 41.2 Å². The van der Waals surface area contributed by atoms with E-state index < -0.39 is 11.7 Å². The lowest BCUT2D eigenvalue weighted by molar-refractivity contribution is 0.101. The molecule has 3 heterocycles. The van der Waals surface area contributed by atoms with E-state index in [4.69, 9.17) is 4.74 Å². The van der Waals surface area contributed by atoms with Gasteiger partial charge in [-0.25, -0.2) is 18.7 Å². The molecule has 0 aliphatic heterocycles. The number of hydrogen-bond donors (Lipinski definition) is 4. The first kappa shape index (κ1) is 27.6. The van der Waals surface area contributed by atoms with Crippen LogP contribution in [0.2, 0.25) is 0 Å². The minimum atomic E-state index is -0.626. The van der Waals surface area contributed by atoms with Crippen LogP contribution in [0.1, 0.15) is 55.4 Å². The van der Waals surface area contributed by atoms with Crippen LogP contribution in [0.15, 0.2) is 30.7 Å². The Balaban J connectivity index is 1.22. The van der Waals surface area contributed by atoms with E-state index in [1.165, 1.54) is 23.0 Å². The molecule has 0 aromatic carbocycles. The molecule has 3 aromatic rings. The molecule has 4 N–H and O–H groups in total. The molecule has 13 heteroatoms. The first-order chi connectivity index (χ1) is 19.4. The Kier molecular flexibility index (Phi) is 8.58. The fourth-order valence-corrected chi connectivity index (χ4v) is 4.76. The van der Waals surface area contributed by atoms with Gasteiger partial charge in [-0.3, -0.25) is 9.78 Å². The van der Waals surface area contributed by atoms with Crippen LogP contribution in [-0.2, 0) is 4.74 Å². The minimum absolute atomic E-state index is 0.0309. The summed E-state index contributed by atoms with van der Waals surface area (Å²) in [5.41, 5.74) is 1.52. The van der Waals surface area contributed by atoms with Crippen LogP contribution in [0.4, 0.5) is 26.4 Å². The third-order valence-corrected chi connectivity index (χ3v) is 7.04. The van der Waals surface area contributed by atoms with Crippen molar-refractivity contribution in [3.63, 3.8) is 0 Å². The molecule has 214 valence electrons. The second-order valence-corrected chi connectivity index (χ2v) is 10.7. The van der Waals surface area contributed by atoms with Crippen molar-refractivity contribution in [2.24, 2.45) is 0 Å². The van der Waals surface area contributed by atoms with Crippen LogP contribution in [-0.4, -0.2) is 81.9 Å². The highest BCUT2D eigenvalue weighted by molar-refractivity contribution is 6.03. The Bertz CT molecular complexity index is 1340. The van der Waals surface area contributed by atoms with Crippen LogP contribution in [0.5, 0.6) is 0 Å². The predicted molar refractivity (Wildman–Crippen MR) is 149 cm³/mol. The molecule has 0 radical (unpaired) electrons. The van der Waals surface area contributed by atoms with Gasteiger partial charge in [-0.05, 0) is 65.1 Å². The molecule has 12 nitrogen and oxygen atoms in total. The van der Waals surface area contributed by atoms with Gasteiger partial charge in [0.1, 0.15) is 5.82 Å². The van der Waals surface area contributed by atoms with E-state index in [0.717, 1.165) is 63.4 Å². The van der Waals surface area contributed by atoms with Crippen LogP contribution >= 0.6 is 0 Å². The molecule has 40 heavy (non-hydrogen) atoms. The number of hydrogen-bond acceptors (Lipinski definition) is 9. The van der Waals surface area contributed by atoms with Crippen LogP contribution in [0.25, 0.3) is 5.65 Å². The summed E-state index contributed by atoms with van der Waals surface area (Å²) in [7, 11) is 3.98. The third-order valence-electron chi connectivity index (χ3n) is 7.04. The molecule has 2 aliphatic carbocycles. The number of carbonyl (C=O) groups is 2. The number of carbonyl (C=O) groups excluding carboxylic acids is 2. The maximum atomic E-state index is 14.1. The highest BCUT2D eigenvalue weighted by atomic mass is 19.1. The summed E-state index contributed by atoms with van der Waals surface area (Å²) in [6, 6.07) is 3.90. The molecule has 0 saturated heterocycles. The first-order valence-electron chi connectivity index (χ1n) is 13.8. The van der Waals surface area contributed by atoms with E-state index in [9.17, 15) is 14.0 Å². The molecule has 0 bridgehead atoms. The number of anilines is 3. The average molecular weight is 554 g/mol. The van der Waals surface area contributed by atoms with Crippen LogP contribution in [0, 0.1) is 5.82 Å². The van der Waals surface area contributed by atoms with Gasteiger partial charge in [0.15, 0.2) is 17.2 Å². The molecular weight excluding hydrogens is 517 g/mol. The second kappa shape index (κ2) is 12.5. The monoisotopic (exact) mass is 553 g/mol. The number of aromatic nitrogens is 4. The van der Waals surface area contributed by atoms with Crippen molar-refractivity contribution in [1.29, 1.82) is 0 Å². The Morgan fingerprint density at radius 3 is 2.50 bits per heavy atom. The summed E-state index contributed by atoms with van der Waals surface area (Å²) >= 11 is 0. The smallest absolute Gasteiger partial charge is 0.407 e. The zero-order chi connectivity index (χ0) is 28.1. The molecule has 2 saturated carbocycles. The van der Waals surface area contributed by atoms with Gasteiger partial charge in [0.25, 0.3) is 5.91 Å². The number of ether oxygens (including phenoxy) is 1. The van der Waals surface area contributed by atoms with Crippen molar-refractivity contribution in [2.45, 2.75) is 63.1 Å². The molecule has 2 fully saturated rings. The zero-order valence-electron chi connectivity index (χ0n) is 22.8. The number of imidazole rings is 1. The molecule has 0 spiro atoms. The van der Waals surface area contributed by atoms with Crippen molar-refractivity contribution in [1.82, 2.24) is 29.8 Å². The Morgan fingerprint density at radius 2 is 1.77 bits per heavy atom. The normalized spacial score (nSPS) is 18.9. The number of pyridine rings is 1. The number of rotatable bonds is 11. The molecule has 2 amide bonds. The summed E-state index contributed by atoms with van der Waals surface area (Å²) in [6.07, 6.45) is 9.78. The lowest BCUT2D eigenvalue weighted by Gasteiger charge is -2.29. The standard InChI is InChI=1S/C27H36FN9O3/c1-36(2)12-3-13-40-27(39)33-19-8-6-18(7-9-19)32-24-14-22(31-17-4-5-17)25-30-16-23(37(25)35-24)26(38)34-21-10-11-29-15-20(21)28/h10-11,14-19,31H,3-9,12-13H2,1-2H3,(H,32,35)(H,33,39)(H,29,34,38)/t18-,19-. The molecular formula is C27H36FN9O3. The average Bonchev–Trinajstić information content (AvgIpc) is 3.64. The lowest BCUT2D eigenvalue weighted by Crippen LogP contribution is -2.40. The highest BCUT2D eigenvalue weighted by Crippen LogP contribution is 2.30. The minimum Gasteiger partial charge on any atom is -0.450 e. The second-order valence-electron chi connectivity index (χ2n) is 10.7. The highest BCUT2D eigenvalue weighted by Gasteiger charge is 2.26. The van der Waals surface area contributed by atoms with Crippen LogP contribution < -0.4 is 21.3 Å². The van der Waals surface area contributed by atoms with E-state index in [0.29, 0.717) is 24.1 Å². The Morgan fingerprint density at radius 1 is 1.05 bits per heavy atom. The van der Waals surface area contributed by atoms with E-state index in [1.54, 1.807) is 0 Å². The topological polar surface area (TPSA) is 138 Å². The molecule has 0 atom stereocenters. The SMILES string of the molecule is CN(C)CCCOC(=O)N[C@H]1CC[C@H](Nc2cc(NC3CC3)c3ncc(C(=O)Nc4ccncc4F)n3n2)CC1. The summed E-state index contributed by atoms with van der Waals surface area (Å²) in [5.74, 6) is -0.548. The number of halogens is 1. The van der Waals surface area contributed by atoms with Gasteiger partial charge in [-0.1, -0.05) is 0 Å². The number of fused-ring (bicyclic) bond motifs is 1. The first-order valence-corrected chi connectivity index (χ1v) is 13.8. The predicted octanol–water partition coefficient (Wildman–Crippen LogP) is 3.49. The van der Waals surface area contributed by atoms with Crippen molar-refractivity contribution in [3.8, 4) is 0 Å². The molecule has 5 rings (SSSR count). The lowest BCUT2D eigenvalue weighted by atomic mass is 9.91. The number of nitrogens with one attached hydrogen (secondary N) is 4. The molecule has 0 unspecified atom stereocenters. The van der Waals surface area contributed by atoms with Crippen molar-refractivity contribution < 1.29 is 18.7 Å².